The number of carbonyl (C=O) groups excluding carboxylic acids is 2. The number of ether oxygens (including phenoxy) is 1. The maximum Gasteiger partial charge on any atom is 0.326 e. The molecule has 0 aromatic heterocycles. The van der Waals surface area contributed by atoms with Gasteiger partial charge in [0.05, 0.1) is 11.6 Å². The van der Waals surface area contributed by atoms with Crippen molar-refractivity contribution in [2.24, 2.45) is 0 Å². The number of nitrogens with zero attached hydrogens (tertiary/aromatic N) is 1. The van der Waals surface area contributed by atoms with Gasteiger partial charge in [-0.25, -0.2) is 4.79 Å². The Balaban J connectivity index is 2.06. The second-order valence-electron chi connectivity index (χ2n) is 5.50. The minimum atomic E-state index is -1.17. The number of carboxylic acid groups (broad SMARTS) is 1. The molecule has 0 saturated heterocycles. The summed E-state index contributed by atoms with van der Waals surface area (Å²) in [6.07, 6.45) is 0.0817. The van der Waals surface area contributed by atoms with Gasteiger partial charge in [-0.3, -0.25) is 9.59 Å². The summed E-state index contributed by atoms with van der Waals surface area (Å²) in [7, 11) is 0. The fourth-order valence-corrected chi connectivity index (χ4v) is 2.23. The Morgan fingerprint density at radius 2 is 1.73 bits per heavy atom. The number of nitriles is 1. The zero-order valence-corrected chi connectivity index (χ0v) is 13.9. The Labute approximate surface area is 149 Å². The Hall–Kier alpha value is -3.66. The lowest BCUT2D eigenvalue weighted by molar-refractivity contribution is -0.139. The van der Waals surface area contributed by atoms with Crippen LogP contribution < -0.4 is 10.1 Å². The third kappa shape index (κ3) is 5.18. The fraction of sp³-hybridized carbons (Fsp3) is 0.158. The first kappa shape index (κ1) is 18.7. The number of nitrogens with one attached hydrogen (secondary N) is 1. The smallest absolute Gasteiger partial charge is 0.326 e. The van der Waals surface area contributed by atoms with Crippen molar-refractivity contribution in [1.82, 2.24) is 5.32 Å². The van der Waals surface area contributed by atoms with Gasteiger partial charge < -0.3 is 15.2 Å². The lowest BCUT2D eigenvalue weighted by Crippen LogP contribution is -2.42. The zero-order chi connectivity index (χ0) is 19.1. The topological polar surface area (TPSA) is 116 Å². The third-order valence-corrected chi connectivity index (χ3v) is 3.50. The molecule has 0 unspecified atom stereocenters. The van der Waals surface area contributed by atoms with Crippen LogP contribution in [0, 0.1) is 11.3 Å². The van der Waals surface area contributed by atoms with Gasteiger partial charge in [0.2, 0.25) is 0 Å². The maximum atomic E-state index is 12.3. The molecule has 26 heavy (non-hydrogen) atoms. The second kappa shape index (κ2) is 8.44. The van der Waals surface area contributed by atoms with Gasteiger partial charge in [-0.05, 0) is 42.0 Å². The summed E-state index contributed by atoms with van der Waals surface area (Å²) in [6, 6.07) is 13.1. The summed E-state index contributed by atoms with van der Waals surface area (Å²) >= 11 is 0. The Morgan fingerprint density at radius 3 is 2.23 bits per heavy atom. The Kier molecular flexibility index (Phi) is 6.06. The average molecular weight is 352 g/mol. The number of hydrogen-bond donors (Lipinski definition) is 2. The molecule has 132 valence electrons. The highest BCUT2D eigenvalue weighted by Gasteiger charge is 2.21. The lowest BCUT2D eigenvalue weighted by Gasteiger charge is -2.15. The van der Waals surface area contributed by atoms with Gasteiger partial charge in [-0.15, -0.1) is 0 Å². The second-order valence-corrected chi connectivity index (χ2v) is 5.50. The van der Waals surface area contributed by atoms with Gasteiger partial charge in [-0.2, -0.15) is 5.26 Å². The van der Waals surface area contributed by atoms with E-state index in [4.69, 9.17) is 10.00 Å². The molecule has 2 aromatic rings. The molecule has 7 nitrogen and oxygen atoms in total. The van der Waals surface area contributed by atoms with Crippen molar-refractivity contribution in [3.8, 4) is 11.8 Å². The van der Waals surface area contributed by atoms with E-state index in [9.17, 15) is 19.5 Å². The highest BCUT2D eigenvalue weighted by molar-refractivity contribution is 5.96. The number of carboxylic acids is 1. The minimum absolute atomic E-state index is 0.0817. The first-order valence-corrected chi connectivity index (χ1v) is 7.70. The minimum Gasteiger partial charge on any atom is -0.480 e. The van der Waals surface area contributed by atoms with Crippen molar-refractivity contribution in [2.45, 2.75) is 19.4 Å². The predicted octanol–water partition coefficient (Wildman–Crippen LogP) is 1.91. The molecule has 0 bridgehead atoms. The quantitative estimate of drug-likeness (QED) is 0.606. The summed E-state index contributed by atoms with van der Waals surface area (Å²) in [4.78, 5) is 34.6. The first-order valence-electron chi connectivity index (χ1n) is 7.70. The molecule has 0 spiro atoms. The molecule has 2 N–H and O–H groups in total. The van der Waals surface area contributed by atoms with Crippen LogP contribution in [0.1, 0.15) is 28.4 Å². The number of amides is 1. The molecule has 2 aromatic carbocycles. The number of benzene rings is 2. The summed E-state index contributed by atoms with van der Waals surface area (Å²) in [6.45, 7) is 1.27. The summed E-state index contributed by atoms with van der Waals surface area (Å²) < 4.78 is 4.88. The van der Waals surface area contributed by atoms with E-state index in [1.807, 2.05) is 6.07 Å². The van der Waals surface area contributed by atoms with Crippen molar-refractivity contribution in [1.29, 1.82) is 5.26 Å². The van der Waals surface area contributed by atoms with E-state index in [1.54, 1.807) is 24.3 Å². The van der Waals surface area contributed by atoms with Crippen LogP contribution in [0.25, 0.3) is 0 Å². The molecule has 1 amide bonds. The molecule has 2 rings (SSSR count). The van der Waals surface area contributed by atoms with Gasteiger partial charge in [0.15, 0.2) is 0 Å². The van der Waals surface area contributed by atoms with Crippen LogP contribution in [0.15, 0.2) is 48.5 Å². The van der Waals surface area contributed by atoms with Gasteiger partial charge in [-0.1, -0.05) is 12.1 Å². The van der Waals surface area contributed by atoms with Crippen LogP contribution in [-0.2, 0) is 16.0 Å². The molecule has 0 aliphatic rings. The maximum absolute atomic E-state index is 12.3. The zero-order valence-electron chi connectivity index (χ0n) is 13.9. The summed E-state index contributed by atoms with van der Waals surface area (Å²) in [5, 5.41) is 20.6. The number of aliphatic carboxylic acids is 1. The van der Waals surface area contributed by atoms with Crippen molar-refractivity contribution < 1.29 is 24.2 Å². The number of rotatable bonds is 6. The molecule has 7 heteroatoms. The van der Waals surface area contributed by atoms with Crippen LogP contribution in [0.3, 0.4) is 0 Å². The standard InChI is InChI=1S/C19H16N2O5/c1-12(22)26-16-8-6-15(7-9-16)18(23)21-17(19(24)25)10-13-2-4-14(11-20)5-3-13/h2-9,17H,10H2,1H3,(H,21,23)(H,24,25)/t17-/m0/s1. The summed E-state index contributed by atoms with van der Waals surface area (Å²) in [5.74, 6) is -1.91. The number of carbonyl (C=O) groups is 3. The van der Waals surface area contributed by atoms with E-state index < -0.39 is 23.9 Å². The van der Waals surface area contributed by atoms with E-state index >= 15 is 0 Å². The van der Waals surface area contributed by atoms with Crippen LogP contribution >= 0.6 is 0 Å². The molecule has 0 radical (unpaired) electrons. The molecular formula is C19H16N2O5. The van der Waals surface area contributed by atoms with Crippen molar-refractivity contribution in [3.05, 3.63) is 65.2 Å². The SMILES string of the molecule is CC(=O)Oc1ccc(C(=O)N[C@@H](Cc2ccc(C#N)cc2)C(=O)O)cc1. The van der Waals surface area contributed by atoms with Crippen LogP contribution in [0.5, 0.6) is 5.75 Å². The number of esters is 1. The van der Waals surface area contributed by atoms with Gasteiger partial charge in [0.25, 0.3) is 5.91 Å². The molecule has 0 aliphatic carbocycles. The number of hydrogen-bond acceptors (Lipinski definition) is 5. The van der Waals surface area contributed by atoms with Crippen molar-refractivity contribution in [3.63, 3.8) is 0 Å². The molecular weight excluding hydrogens is 336 g/mol. The predicted molar refractivity (Wildman–Crippen MR) is 91.5 cm³/mol. The Morgan fingerprint density at radius 1 is 1.12 bits per heavy atom. The monoisotopic (exact) mass is 352 g/mol. The van der Waals surface area contributed by atoms with E-state index in [0.717, 1.165) is 0 Å². The van der Waals surface area contributed by atoms with Crippen LogP contribution in [-0.4, -0.2) is 29.0 Å². The van der Waals surface area contributed by atoms with E-state index in [0.29, 0.717) is 16.9 Å². The van der Waals surface area contributed by atoms with Gasteiger partial charge in [0.1, 0.15) is 11.8 Å². The van der Waals surface area contributed by atoms with E-state index in [2.05, 4.69) is 5.32 Å². The van der Waals surface area contributed by atoms with Gasteiger partial charge in [0, 0.05) is 18.9 Å². The fourth-order valence-electron chi connectivity index (χ4n) is 2.23. The largest absolute Gasteiger partial charge is 0.480 e. The normalized spacial score (nSPS) is 11.1. The molecule has 1 atom stereocenters. The van der Waals surface area contributed by atoms with E-state index in [1.165, 1.54) is 31.2 Å². The first-order chi connectivity index (χ1) is 12.4. The molecule has 0 fully saturated rings. The Bertz CT molecular complexity index is 851. The van der Waals surface area contributed by atoms with Crippen molar-refractivity contribution in [2.75, 3.05) is 0 Å². The van der Waals surface area contributed by atoms with Crippen molar-refractivity contribution >= 4 is 17.8 Å². The highest BCUT2D eigenvalue weighted by Crippen LogP contribution is 2.13. The lowest BCUT2D eigenvalue weighted by atomic mass is 10.0. The molecule has 0 heterocycles. The molecule has 0 saturated carbocycles. The summed E-state index contributed by atoms with van der Waals surface area (Å²) in [5.41, 5.74) is 1.39. The van der Waals surface area contributed by atoms with Crippen LogP contribution in [0.2, 0.25) is 0 Å². The van der Waals surface area contributed by atoms with Crippen LogP contribution in [0.4, 0.5) is 0 Å². The van der Waals surface area contributed by atoms with E-state index in [-0.39, 0.29) is 12.0 Å². The highest BCUT2D eigenvalue weighted by atomic mass is 16.5. The molecule has 0 aliphatic heterocycles. The average Bonchev–Trinajstić information content (AvgIpc) is 2.61. The van der Waals surface area contributed by atoms with Gasteiger partial charge >= 0.3 is 11.9 Å². The third-order valence-electron chi connectivity index (χ3n) is 3.50.